The molecule has 1 heterocycles. The summed E-state index contributed by atoms with van der Waals surface area (Å²) in [6, 6.07) is 0.848. The molecule has 0 radical (unpaired) electrons. The van der Waals surface area contributed by atoms with Crippen molar-refractivity contribution in [1.82, 2.24) is 6.15 Å². The van der Waals surface area contributed by atoms with Gasteiger partial charge in [0.1, 0.15) is 6.10 Å². The predicted molar refractivity (Wildman–Crippen MR) is 109 cm³/mol. The fraction of sp³-hybridized carbons (Fsp3) is 0.833. The largest absolute Gasteiger partial charge is 0.456 e. The Bertz CT molecular complexity index is 455. The first-order valence-electron chi connectivity index (χ1n) is 8.92. The summed E-state index contributed by atoms with van der Waals surface area (Å²) in [6.07, 6.45) is 4.94. The number of methoxy groups -OCH3 is 1. The Kier molecular flexibility index (Phi) is 12.9. The average molecular weight is 412 g/mol. The van der Waals surface area contributed by atoms with Crippen molar-refractivity contribution in [1.29, 1.82) is 0 Å². The summed E-state index contributed by atoms with van der Waals surface area (Å²) >= 11 is 0. The lowest BCUT2D eigenvalue weighted by Crippen LogP contribution is -2.74. The van der Waals surface area contributed by atoms with Crippen LogP contribution in [-0.4, -0.2) is 47.2 Å². The van der Waals surface area contributed by atoms with E-state index in [0.717, 1.165) is 31.7 Å². The molecule has 1 aliphatic rings. The Morgan fingerprint density at radius 3 is 2.15 bits per heavy atom. The molecule has 2 unspecified atom stereocenters. The van der Waals surface area contributed by atoms with Gasteiger partial charge in [-0.15, -0.1) is 12.4 Å². The molecule has 0 spiro atoms. The number of rotatable bonds is 8. The molecule has 6 nitrogen and oxygen atoms in total. The highest BCUT2D eigenvalue weighted by atomic mass is 35.5. The lowest BCUT2D eigenvalue weighted by Gasteiger charge is -2.54. The lowest BCUT2D eigenvalue weighted by molar-refractivity contribution is -0.171. The van der Waals surface area contributed by atoms with Gasteiger partial charge in [0, 0.05) is 26.9 Å². The van der Waals surface area contributed by atoms with Crippen LogP contribution in [-0.2, 0) is 23.1 Å². The van der Waals surface area contributed by atoms with E-state index in [4.69, 9.17) is 18.3 Å². The molecular formula is C18H38ClNO5Si. The molecule has 0 saturated carbocycles. The Morgan fingerprint density at radius 2 is 1.77 bits per heavy atom. The van der Waals surface area contributed by atoms with Gasteiger partial charge in [-0.05, 0) is 38.7 Å². The van der Waals surface area contributed by atoms with Gasteiger partial charge < -0.3 is 24.5 Å². The second-order valence-electron chi connectivity index (χ2n) is 6.43. The maximum Gasteiger partial charge on any atom is 0.374 e. The fourth-order valence-electron chi connectivity index (χ4n) is 4.19. The zero-order valence-corrected chi connectivity index (χ0v) is 19.2. The van der Waals surface area contributed by atoms with E-state index in [1.165, 1.54) is 0 Å². The van der Waals surface area contributed by atoms with Crippen molar-refractivity contribution in [3.05, 3.63) is 11.6 Å². The van der Waals surface area contributed by atoms with Gasteiger partial charge in [0.15, 0.2) is 5.22 Å². The van der Waals surface area contributed by atoms with E-state index in [-0.39, 0.29) is 36.5 Å². The second-order valence-corrected chi connectivity index (χ2v) is 10.0. The van der Waals surface area contributed by atoms with Crippen molar-refractivity contribution >= 4 is 26.9 Å². The highest BCUT2D eigenvalue weighted by Crippen LogP contribution is 2.48. The molecule has 0 aromatic rings. The second kappa shape index (κ2) is 12.1. The number of hydrogen-bond donors (Lipinski definition) is 1. The van der Waals surface area contributed by atoms with E-state index in [2.05, 4.69) is 13.8 Å². The minimum absolute atomic E-state index is 0. The van der Waals surface area contributed by atoms with E-state index in [1.54, 1.807) is 34.3 Å². The van der Waals surface area contributed by atoms with Crippen LogP contribution >= 0.6 is 12.4 Å². The Hall–Kier alpha value is -0.443. The number of esters is 1. The predicted octanol–water partition coefficient (Wildman–Crippen LogP) is 4.34. The first-order chi connectivity index (χ1) is 11.4. The fourth-order valence-corrected chi connectivity index (χ4v) is 8.50. The topological polar surface area (TPSA) is 89.0 Å². The number of allylic oxidation sites excluding steroid dienone is 1. The minimum Gasteiger partial charge on any atom is -0.456 e. The molecule has 3 N–H and O–H groups in total. The summed E-state index contributed by atoms with van der Waals surface area (Å²) in [5, 5.41) is -0.693. The molecule has 1 aliphatic heterocycles. The molecule has 1 saturated heterocycles. The van der Waals surface area contributed by atoms with E-state index in [1.807, 2.05) is 6.92 Å². The van der Waals surface area contributed by atoms with Crippen LogP contribution in [0.4, 0.5) is 0 Å². The van der Waals surface area contributed by atoms with Gasteiger partial charge in [-0.25, -0.2) is 4.79 Å². The molecule has 1 rings (SSSR count). The highest BCUT2D eigenvalue weighted by molar-refractivity contribution is 6.71. The third-order valence-electron chi connectivity index (χ3n) is 5.64. The van der Waals surface area contributed by atoms with E-state index in [9.17, 15) is 4.79 Å². The monoisotopic (exact) mass is 411 g/mol. The van der Waals surface area contributed by atoms with Crippen molar-refractivity contribution in [2.75, 3.05) is 21.3 Å². The summed E-state index contributed by atoms with van der Waals surface area (Å²) in [5.41, 5.74) is 0.609. The molecule has 0 aromatic carbocycles. The molecule has 156 valence electrons. The summed E-state index contributed by atoms with van der Waals surface area (Å²) < 4.78 is 24.1. The van der Waals surface area contributed by atoms with Crippen LogP contribution < -0.4 is 6.15 Å². The molecule has 1 fully saturated rings. The number of carbonyl (C=O) groups excluding carboxylic acids is 1. The standard InChI is InChI=1S/C18H34O5Si.ClH.H3N/c1-8-14(4)17(19)23-16-12-11-13-24(21-6,22-7)18(16,20-5)15(9-2)10-3;;/h8,15-16H,9-13H2,1-7H3;1H;1H3. The van der Waals surface area contributed by atoms with Gasteiger partial charge in [-0.3, -0.25) is 0 Å². The van der Waals surface area contributed by atoms with Crippen molar-refractivity contribution in [2.24, 2.45) is 5.92 Å². The van der Waals surface area contributed by atoms with Crippen LogP contribution in [0.25, 0.3) is 0 Å². The minimum atomic E-state index is -2.71. The van der Waals surface area contributed by atoms with Gasteiger partial charge >= 0.3 is 14.5 Å². The number of ether oxygens (including phenoxy) is 2. The van der Waals surface area contributed by atoms with E-state index in [0.29, 0.717) is 5.57 Å². The SMILES string of the molecule is CC=C(C)C(=O)OC1CCC[Si](OC)(OC)C1(OC)C(CC)CC.Cl.N. The van der Waals surface area contributed by atoms with Crippen molar-refractivity contribution in [3.63, 3.8) is 0 Å². The third-order valence-corrected chi connectivity index (χ3v) is 10.1. The van der Waals surface area contributed by atoms with E-state index < -0.39 is 13.8 Å². The summed E-state index contributed by atoms with van der Waals surface area (Å²) in [7, 11) is 2.40. The molecule has 26 heavy (non-hydrogen) atoms. The van der Waals surface area contributed by atoms with E-state index >= 15 is 0 Å². The molecule has 0 amide bonds. The quantitative estimate of drug-likeness (QED) is 0.363. The zero-order valence-electron chi connectivity index (χ0n) is 17.4. The van der Waals surface area contributed by atoms with Crippen molar-refractivity contribution in [2.45, 2.75) is 70.8 Å². The molecule has 2 atom stereocenters. The van der Waals surface area contributed by atoms with Crippen LogP contribution in [0, 0.1) is 5.92 Å². The Balaban J connectivity index is 0. The number of halogens is 1. The summed E-state index contributed by atoms with van der Waals surface area (Å²) in [5.74, 6) is -0.0787. The smallest absolute Gasteiger partial charge is 0.374 e. The normalized spacial score (nSPS) is 25.2. The van der Waals surface area contributed by atoms with Gasteiger partial charge in [0.25, 0.3) is 0 Å². The van der Waals surface area contributed by atoms with Crippen LogP contribution in [0.5, 0.6) is 0 Å². The Labute approximate surface area is 166 Å². The maximum absolute atomic E-state index is 12.4. The van der Waals surface area contributed by atoms with Gasteiger partial charge in [-0.2, -0.15) is 0 Å². The van der Waals surface area contributed by atoms with Gasteiger partial charge in [-0.1, -0.05) is 32.8 Å². The number of hydrogen-bond acceptors (Lipinski definition) is 6. The maximum atomic E-state index is 12.4. The summed E-state index contributed by atoms with van der Waals surface area (Å²) in [4.78, 5) is 12.4. The summed E-state index contributed by atoms with van der Waals surface area (Å²) in [6.45, 7) is 7.90. The van der Waals surface area contributed by atoms with Crippen molar-refractivity contribution < 1.29 is 23.1 Å². The van der Waals surface area contributed by atoms with Gasteiger partial charge in [0.05, 0.1) is 0 Å². The van der Waals surface area contributed by atoms with Crippen LogP contribution in [0.15, 0.2) is 11.6 Å². The molecule has 0 aromatic heterocycles. The number of carbonyl (C=O) groups is 1. The molecule has 8 heteroatoms. The third kappa shape index (κ3) is 4.69. The lowest BCUT2D eigenvalue weighted by atomic mass is 9.89. The van der Waals surface area contributed by atoms with Crippen LogP contribution in [0.3, 0.4) is 0 Å². The van der Waals surface area contributed by atoms with Crippen LogP contribution in [0.1, 0.15) is 53.4 Å². The van der Waals surface area contributed by atoms with Crippen LogP contribution in [0.2, 0.25) is 6.04 Å². The zero-order chi connectivity index (χ0) is 18.4. The molecular weight excluding hydrogens is 374 g/mol. The average Bonchev–Trinajstić information content (AvgIpc) is 2.62. The Morgan fingerprint density at radius 1 is 1.23 bits per heavy atom. The van der Waals surface area contributed by atoms with Gasteiger partial charge in [0.2, 0.25) is 0 Å². The molecule has 0 bridgehead atoms. The van der Waals surface area contributed by atoms with Crippen molar-refractivity contribution in [3.8, 4) is 0 Å². The first-order valence-corrected chi connectivity index (χ1v) is 10.9. The molecule has 0 aliphatic carbocycles. The highest BCUT2D eigenvalue weighted by Gasteiger charge is 2.67. The first kappa shape index (κ1) is 27.8.